The molecule has 2 fully saturated rings. The Morgan fingerprint density at radius 2 is 1.77 bits per heavy atom. The third-order valence-electron chi connectivity index (χ3n) is 6.13. The molecule has 0 bridgehead atoms. The number of para-hydroxylation sites is 1. The van der Waals surface area contributed by atoms with Crippen molar-refractivity contribution < 1.29 is 19.2 Å². The van der Waals surface area contributed by atoms with Crippen LogP contribution in [0.25, 0.3) is 0 Å². The Kier molecular flexibility index (Phi) is 4.00. The minimum Gasteiger partial charge on any atom is -0.370 e. The average molecular weight is 425 g/mol. The van der Waals surface area contributed by atoms with Crippen molar-refractivity contribution in [2.45, 2.75) is 18.0 Å². The van der Waals surface area contributed by atoms with E-state index in [9.17, 15) is 19.2 Å². The first-order chi connectivity index (χ1) is 14.3. The lowest BCUT2D eigenvalue weighted by molar-refractivity contribution is -0.130. The molecule has 30 heavy (non-hydrogen) atoms. The SMILES string of the molecule is NC(=O)C[C@H]1N[C@]2(C(=O)Nc3ccccc32)[C@@H]2C(=O)N(c3ccc(Cl)cc3)C(=O)[C@@H]21. The average Bonchev–Trinajstić information content (AvgIpc) is 3.27. The zero-order valence-electron chi connectivity index (χ0n) is 15.6. The predicted octanol–water partition coefficient (Wildman–Crippen LogP) is 1.14. The number of hydrogen-bond donors (Lipinski definition) is 3. The van der Waals surface area contributed by atoms with E-state index in [4.69, 9.17) is 17.3 Å². The molecule has 0 saturated carbocycles. The molecule has 2 aromatic rings. The van der Waals surface area contributed by atoms with Gasteiger partial charge in [0.25, 0.3) is 0 Å². The van der Waals surface area contributed by atoms with E-state index >= 15 is 0 Å². The van der Waals surface area contributed by atoms with Gasteiger partial charge in [-0.3, -0.25) is 24.5 Å². The van der Waals surface area contributed by atoms with Crippen LogP contribution in [0, 0.1) is 11.8 Å². The van der Waals surface area contributed by atoms with E-state index < -0.39 is 47.0 Å². The van der Waals surface area contributed by atoms with Crippen molar-refractivity contribution in [3.8, 4) is 0 Å². The van der Waals surface area contributed by atoms with Gasteiger partial charge in [-0.1, -0.05) is 29.8 Å². The summed E-state index contributed by atoms with van der Waals surface area (Å²) in [6.45, 7) is 0. The molecule has 152 valence electrons. The van der Waals surface area contributed by atoms with Crippen LogP contribution in [0.1, 0.15) is 12.0 Å². The van der Waals surface area contributed by atoms with Crippen molar-refractivity contribution in [2.75, 3.05) is 10.2 Å². The van der Waals surface area contributed by atoms with Crippen molar-refractivity contribution in [3.63, 3.8) is 0 Å². The van der Waals surface area contributed by atoms with Crippen LogP contribution in [0.5, 0.6) is 0 Å². The van der Waals surface area contributed by atoms with Crippen LogP contribution in [0.15, 0.2) is 48.5 Å². The summed E-state index contributed by atoms with van der Waals surface area (Å²) in [5.74, 6) is -3.94. The van der Waals surface area contributed by atoms with E-state index in [2.05, 4.69) is 10.6 Å². The lowest BCUT2D eigenvalue weighted by Gasteiger charge is -2.29. The Labute approximate surface area is 176 Å². The molecular formula is C21H17ClN4O4. The van der Waals surface area contributed by atoms with E-state index in [1.807, 2.05) is 0 Å². The maximum atomic E-state index is 13.6. The van der Waals surface area contributed by atoms with Crippen LogP contribution >= 0.6 is 11.6 Å². The zero-order chi connectivity index (χ0) is 21.2. The van der Waals surface area contributed by atoms with Crippen molar-refractivity contribution >= 4 is 46.6 Å². The van der Waals surface area contributed by atoms with Gasteiger partial charge in [-0.25, -0.2) is 4.90 Å². The summed E-state index contributed by atoms with van der Waals surface area (Å²) in [6, 6.07) is 12.6. The van der Waals surface area contributed by atoms with E-state index in [1.54, 1.807) is 48.5 Å². The summed E-state index contributed by atoms with van der Waals surface area (Å²) in [5.41, 5.74) is 5.47. The van der Waals surface area contributed by atoms with Crippen LogP contribution in [-0.4, -0.2) is 29.7 Å². The molecule has 0 unspecified atom stereocenters. The van der Waals surface area contributed by atoms with Gasteiger partial charge < -0.3 is 11.1 Å². The monoisotopic (exact) mass is 424 g/mol. The first-order valence-electron chi connectivity index (χ1n) is 9.45. The highest BCUT2D eigenvalue weighted by Gasteiger charge is 2.70. The predicted molar refractivity (Wildman–Crippen MR) is 108 cm³/mol. The second-order valence-electron chi connectivity index (χ2n) is 7.72. The fourth-order valence-corrected chi connectivity index (χ4v) is 5.12. The number of benzene rings is 2. The van der Waals surface area contributed by atoms with Gasteiger partial charge in [0.15, 0.2) is 0 Å². The highest BCUT2D eigenvalue weighted by Crippen LogP contribution is 2.53. The molecule has 0 radical (unpaired) electrons. The first kappa shape index (κ1) is 18.8. The summed E-state index contributed by atoms with van der Waals surface area (Å²) in [5, 5.41) is 6.41. The van der Waals surface area contributed by atoms with E-state index in [0.29, 0.717) is 22.0 Å². The lowest BCUT2D eigenvalue weighted by Crippen LogP contribution is -2.53. The second-order valence-corrected chi connectivity index (χ2v) is 8.16. The Morgan fingerprint density at radius 3 is 2.47 bits per heavy atom. The molecule has 0 aromatic heterocycles. The van der Waals surface area contributed by atoms with Gasteiger partial charge in [0.2, 0.25) is 23.6 Å². The highest BCUT2D eigenvalue weighted by atomic mass is 35.5. The summed E-state index contributed by atoms with van der Waals surface area (Å²) in [7, 11) is 0. The number of amides is 4. The number of fused-ring (bicyclic) bond motifs is 4. The number of hydrogen-bond acceptors (Lipinski definition) is 5. The van der Waals surface area contributed by atoms with Gasteiger partial charge in [-0.2, -0.15) is 0 Å². The Balaban J connectivity index is 1.67. The smallest absolute Gasteiger partial charge is 0.250 e. The number of nitrogens with two attached hydrogens (primary N) is 1. The van der Waals surface area contributed by atoms with Gasteiger partial charge >= 0.3 is 0 Å². The van der Waals surface area contributed by atoms with Gasteiger partial charge in [0, 0.05) is 28.7 Å². The number of nitrogens with one attached hydrogen (secondary N) is 2. The maximum Gasteiger partial charge on any atom is 0.250 e. The highest BCUT2D eigenvalue weighted by molar-refractivity contribution is 6.31. The standard InChI is InChI=1S/C21H17ClN4O4/c22-10-5-7-11(8-6-10)26-18(28)16-14(9-15(23)27)25-21(17(16)19(26)29)12-3-1-2-4-13(12)24-20(21)30/h1-8,14,16-17,25H,9H2,(H2,23,27)(H,24,30)/t14-,16-,17+,21+/m1/s1. The molecule has 5 rings (SSSR count). The van der Waals surface area contributed by atoms with Crippen LogP contribution in [-0.2, 0) is 24.7 Å². The molecule has 4 N–H and O–H groups in total. The van der Waals surface area contributed by atoms with Gasteiger partial charge in [0.1, 0.15) is 5.54 Å². The summed E-state index contributed by atoms with van der Waals surface area (Å²) in [4.78, 5) is 52.9. The van der Waals surface area contributed by atoms with Crippen LogP contribution in [0.3, 0.4) is 0 Å². The van der Waals surface area contributed by atoms with Crippen molar-refractivity contribution in [1.82, 2.24) is 5.32 Å². The zero-order valence-corrected chi connectivity index (χ0v) is 16.3. The molecule has 3 aliphatic heterocycles. The Bertz CT molecular complexity index is 1120. The number of carbonyl (C=O) groups excluding carboxylic acids is 4. The summed E-state index contributed by atoms with van der Waals surface area (Å²) in [6.07, 6.45) is -0.175. The molecule has 4 atom stereocenters. The fourth-order valence-electron chi connectivity index (χ4n) is 4.99. The molecule has 8 nitrogen and oxygen atoms in total. The molecule has 9 heteroatoms. The first-order valence-corrected chi connectivity index (χ1v) is 9.82. The second kappa shape index (κ2) is 6.38. The number of rotatable bonds is 3. The Hall–Kier alpha value is -3.23. The molecule has 2 aromatic carbocycles. The largest absolute Gasteiger partial charge is 0.370 e. The normalized spacial score (nSPS) is 29.3. The van der Waals surface area contributed by atoms with E-state index in [1.165, 1.54) is 0 Å². The van der Waals surface area contributed by atoms with Crippen LogP contribution in [0.4, 0.5) is 11.4 Å². The number of primary amides is 1. The quantitative estimate of drug-likeness (QED) is 0.638. The topological polar surface area (TPSA) is 122 Å². The molecule has 0 aliphatic carbocycles. The molecular weight excluding hydrogens is 408 g/mol. The number of anilines is 2. The molecule has 1 spiro atoms. The van der Waals surface area contributed by atoms with Crippen LogP contribution in [0.2, 0.25) is 5.02 Å². The van der Waals surface area contributed by atoms with Gasteiger partial charge in [0.05, 0.1) is 17.5 Å². The van der Waals surface area contributed by atoms with Gasteiger partial charge in [-0.15, -0.1) is 0 Å². The van der Waals surface area contributed by atoms with Gasteiger partial charge in [-0.05, 0) is 30.3 Å². The van der Waals surface area contributed by atoms with Crippen molar-refractivity contribution in [3.05, 3.63) is 59.1 Å². The number of carbonyl (C=O) groups is 4. The molecule has 2 saturated heterocycles. The number of nitrogens with zero attached hydrogens (tertiary/aromatic N) is 1. The maximum absolute atomic E-state index is 13.6. The number of halogens is 1. The lowest BCUT2D eigenvalue weighted by atomic mass is 9.76. The minimum absolute atomic E-state index is 0.175. The summed E-state index contributed by atoms with van der Waals surface area (Å²) >= 11 is 5.94. The Morgan fingerprint density at radius 1 is 1.07 bits per heavy atom. The van der Waals surface area contributed by atoms with Crippen molar-refractivity contribution in [2.24, 2.45) is 17.6 Å². The third kappa shape index (κ3) is 2.37. The molecule has 3 heterocycles. The van der Waals surface area contributed by atoms with E-state index in [0.717, 1.165) is 4.90 Å². The van der Waals surface area contributed by atoms with Crippen molar-refractivity contribution in [1.29, 1.82) is 0 Å². The van der Waals surface area contributed by atoms with Crippen LogP contribution < -0.4 is 21.3 Å². The fraction of sp³-hybridized carbons (Fsp3) is 0.238. The molecule has 3 aliphatic rings. The summed E-state index contributed by atoms with van der Waals surface area (Å²) < 4.78 is 0. The molecule has 4 amide bonds. The van der Waals surface area contributed by atoms with E-state index in [-0.39, 0.29) is 6.42 Å². The number of imide groups is 1. The minimum atomic E-state index is -1.45. The third-order valence-corrected chi connectivity index (χ3v) is 6.38.